The lowest BCUT2D eigenvalue weighted by atomic mass is 10.2. The molecule has 1 aromatic carbocycles. The molecule has 0 aliphatic rings. The van der Waals surface area contributed by atoms with Crippen LogP contribution in [-0.2, 0) is 15.7 Å². The van der Waals surface area contributed by atoms with Crippen LogP contribution in [0.2, 0.25) is 0 Å². The molecule has 1 atom stereocenters. The van der Waals surface area contributed by atoms with Crippen LogP contribution in [0.3, 0.4) is 0 Å². The summed E-state index contributed by atoms with van der Waals surface area (Å²) in [6.07, 6.45) is -2.05. The standard InChI is InChI=1S/C14H17F3O2S/c1-3-4-8-12(13(18)19-2)20-11-7-5-6-10(9-11)14(15,16)17/h5-7,9,12H,3-4,8H2,1-2H3. The summed E-state index contributed by atoms with van der Waals surface area (Å²) in [5.41, 5.74) is -0.707. The molecule has 0 heterocycles. The van der Waals surface area contributed by atoms with E-state index in [0.29, 0.717) is 11.3 Å². The smallest absolute Gasteiger partial charge is 0.416 e. The van der Waals surface area contributed by atoms with Crippen LogP contribution in [0.15, 0.2) is 29.2 Å². The quantitative estimate of drug-likeness (QED) is 0.570. The predicted molar refractivity (Wildman–Crippen MR) is 72.6 cm³/mol. The van der Waals surface area contributed by atoms with Crippen molar-refractivity contribution < 1.29 is 22.7 Å². The molecule has 1 unspecified atom stereocenters. The largest absolute Gasteiger partial charge is 0.468 e. The number of benzene rings is 1. The Labute approximate surface area is 120 Å². The highest BCUT2D eigenvalue weighted by atomic mass is 32.2. The van der Waals surface area contributed by atoms with Crippen molar-refractivity contribution in [1.29, 1.82) is 0 Å². The van der Waals surface area contributed by atoms with Gasteiger partial charge in [-0.15, -0.1) is 11.8 Å². The van der Waals surface area contributed by atoms with Crippen LogP contribution >= 0.6 is 11.8 Å². The van der Waals surface area contributed by atoms with E-state index in [1.54, 1.807) is 6.07 Å². The molecular weight excluding hydrogens is 289 g/mol. The third-order valence-electron chi connectivity index (χ3n) is 2.72. The summed E-state index contributed by atoms with van der Waals surface area (Å²) < 4.78 is 42.6. The number of rotatable bonds is 6. The van der Waals surface area contributed by atoms with Crippen molar-refractivity contribution in [2.75, 3.05) is 7.11 Å². The minimum Gasteiger partial charge on any atom is -0.468 e. The van der Waals surface area contributed by atoms with E-state index in [-0.39, 0.29) is 0 Å². The van der Waals surface area contributed by atoms with Gasteiger partial charge in [-0.1, -0.05) is 25.8 Å². The first-order chi connectivity index (χ1) is 9.38. The average molecular weight is 306 g/mol. The van der Waals surface area contributed by atoms with E-state index in [1.807, 2.05) is 6.92 Å². The van der Waals surface area contributed by atoms with Crippen molar-refractivity contribution in [2.45, 2.75) is 42.5 Å². The van der Waals surface area contributed by atoms with Crippen molar-refractivity contribution in [3.8, 4) is 0 Å². The highest BCUT2D eigenvalue weighted by Gasteiger charge is 2.31. The lowest BCUT2D eigenvalue weighted by Gasteiger charge is -2.15. The number of carbonyl (C=O) groups excluding carboxylic acids is 1. The molecule has 0 aliphatic heterocycles. The Balaban J connectivity index is 2.85. The lowest BCUT2D eigenvalue weighted by molar-refractivity contribution is -0.140. The zero-order valence-electron chi connectivity index (χ0n) is 11.4. The summed E-state index contributed by atoms with van der Waals surface area (Å²) >= 11 is 1.12. The Bertz CT molecular complexity index is 446. The molecule has 0 N–H and O–H groups in total. The molecule has 0 aliphatic carbocycles. The molecule has 0 fully saturated rings. The van der Waals surface area contributed by atoms with Crippen LogP contribution in [0.5, 0.6) is 0 Å². The number of esters is 1. The fourth-order valence-corrected chi connectivity index (χ4v) is 2.81. The maximum absolute atomic E-state index is 12.6. The van der Waals surface area contributed by atoms with Crippen molar-refractivity contribution in [2.24, 2.45) is 0 Å². The summed E-state index contributed by atoms with van der Waals surface area (Å²) in [4.78, 5) is 12.1. The van der Waals surface area contributed by atoms with E-state index in [4.69, 9.17) is 4.74 Å². The van der Waals surface area contributed by atoms with Gasteiger partial charge in [-0.2, -0.15) is 13.2 Å². The van der Waals surface area contributed by atoms with E-state index in [2.05, 4.69) is 0 Å². The SMILES string of the molecule is CCCCC(Sc1cccc(C(F)(F)F)c1)C(=O)OC. The number of alkyl halides is 3. The van der Waals surface area contributed by atoms with Crippen LogP contribution in [0.4, 0.5) is 13.2 Å². The van der Waals surface area contributed by atoms with Crippen LogP contribution in [-0.4, -0.2) is 18.3 Å². The molecule has 0 saturated heterocycles. The predicted octanol–water partition coefficient (Wildman–Crippen LogP) is 4.53. The zero-order valence-corrected chi connectivity index (χ0v) is 12.2. The molecule has 1 rings (SSSR count). The van der Waals surface area contributed by atoms with E-state index in [0.717, 1.165) is 36.7 Å². The van der Waals surface area contributed by atoms with Gasteiger partial charge >= 0.3 is 12.1 Å². The first-order valence-corrected chi connectivity index (χ1v) is 7.18. The van der Waals surface area contributed by atoms with Gasteiger partial charge in [0.25, 0.3) is 0 Å². The van der Waals surface area contributed by atoms with E-state index >= 15 is 0 Å². The van der Waals surface area contributed by atoms with Gasteiger partial charge in [-0.05, 0) is 24.6 Å². The number of hydrogen-bond donors (Lipinski definition) is 0. The highest BCUT2D eigenvalue weighted by Crippen LogP contribution is 2.34. The summed E-state index contributed by atoms with van der Waals surface area (Å²) in [5.74, 6) is -0.402. The highest BCUT2D eigenvalue weighted by molar-refractivity contribution is 8.00. The van der Waals surface area contributed by atoms with Crippen LogP contribution in [0.1, 0.15) is 31.7 Å². The molecule has 0 spiro atoms. The lowest BCUT2D eigenvalue weighted by Crippen LogP contribution is -2.18. The zero-order chi connectivity index (χ0) is 15.2. The van der Waals surface area contributed by atoms with Gasteiger partial charge in [0.2, 0.25) is 0 Å². The Morgan fingerprint density at radius 3 is 2.65 bits per heavy atom. The molecule has 1 aromatic rings. The fourth-order valence-electron chi connectivity index (χ4n) is 1.66. The van der Waals surface area contributed by atoms with Crippen LogP contribution < -0.4 is 0 Å². The van der Waals surface area contributed by atoms with Crippen LogP contribution in [0, 0.1) is 0 Å². The average Bonchev–Trinajstić information content (AvgIpc) is 2.42. The normalized spacial score (nSPS) is 13.1. The van der Waals surface area contributed by atoms with Gasteiger partial charge in [0, 0.05) is 4.90 Å². The summed E-state index contributed by atoms with van der Waals surface area (Å²) in [6, 6.07) is 5.00. The molecule has 0 aromatic heterocycles. The molecular formula is C14H17F3O2S. The maximum Gasteiger partial charge on any atom is 0.416 e. The summed E-state index contributed by atoms with van der Waals surface area (Å²) in [7, 11) is 1.29. The molecule has 6 heteroatoms. The number of unbranched alkanes of at least 4 members (excludes halogenated alkanes) is 1. The second kappa shape index (κ2) is 7.57. The van der Waals surface area contributed by atoms with Crippen molar-refractivity contribution in [3.63, 3.8) is 0 Å². The first kappa shape index (κ1) is 16.9. The minimum atomic E-state index is -4.37. The number of hydrogen-bond acceptors (Lipinski definition) is 3. The third kappa shape index (κ3) is 5.07. The molecule has 2 nitrogen and oxygen atoms in total. The van der Waals surface area contributed by atoms with Gasteiger partial charge in [0.15, 0.2) is 0 Å². The van der Waals surface area contributed by atoms with E-state index in [9.17, 15) is 18.0 Å². The second-order valence-corrected chi connectivity index (χ2v) is 5.57. The molecule has 0 bridgehead atoms. The van der Waals surface area contributed by atoms with Gasteiger partial charge in [-0.3, -0.25) is 4.79 Å². The third-order valence-corrected chi connectivity index (χ3v) is 3.96. The monoisotopic (exact) mass is 306 g/mol. The molecule has 0 amide bonds. The maximum atomic E-state index is 12.6. The van der Waals surface area contributed by atoms with Crippen molar-refractivity contribution in [3.05, 3.63) is 29.8 Å². The van der Waals surface area contributed by atoms with Gasteiger partial charge < -0.3 is 4.74 Å². The Kier molecular flexibility index (Phi) is 6.39. The number of methoxy groups -OCH3 is 1. The number of carbonyl (C=O) groups is 1. The second-order valence-electron chi connectivity index (χ2n) is 4.30. The number of halogens is 3. The number of ether oxygens (including phenoxy) is 1. The molecule has 20 heavy (non-hydrogen) atoms. The summed E-state index contributed by atoms with van der Waals surface area (Å²) in [5, 5.41) is -0.469. The van der Waals surface area contributed by atoms with Gasteiger partial charge in [0.05, 0.1) is 12.7 Å². The van der Waals surface area contributed by atoms with Crippen molar-refractivity contribution in [1.82, 2.24) is 0 Å². The first-order valence-electron chi connectivity index (χ1n) is 6.30. The Hall–Kier alpha value is -1.17. The Morgan fingerprint density at radius 2 is 2.10 bits per heavy atom. The van der Waals surface area contributed by atoms with Crippen LogP contribution in [0.25, 0.3) is 0 Å². The van der Waals surface area contributed by atoms with E-state index in [1.165, 1.54) is 13.2 Å². The minimum absolute atomic E-state index is 0.402. The molecule has 0 radical (unpaired) electrons. The molecule has 0 saturated carbocycles. The fraction of sp³-hybridized carbons (Fsp3) is 0.500. The molecule has 112 valence electrons. The van der Waals surface area contributed by atoms with Crippen molar-refractivity contribution >= 4 is 17.7 Å². The van der Waals surface area contributed by atoms with Gasteiger partial charge in [-0.25, -0.2) is 0 Å². The van der Waals surface area contributed by atoms with E-state index < -0.39 is 23.0 Å². The Morgan fingerprint density at radius 1 is 1.40 bits per heavy atom. The van der Waals surface area contributed by atoms with Gasteiger partial charge in [0.1, 0.15) is 5.25 Å². The topological polar surface area (TPSA) is 26.3 Å². The summed E-state index contributed by atoms with van der Waals surface area (Å²) in [6.45, 7) is 1.99. The number of thioether (sulfide) groups is 1.